The number of nitrogens with one attached hydrogen (secondary N) is 1. The minimum absolute atomic E-state index is 0.146. The summed E-state index contributed by atoms with van der Waals surface area (Å²) in [5.41, 5.74) is 9.63. The number of anilines is 1. The molecule has 0 saturated heterocycles. The zero-order chi connectivity index (χ0) is 20.3. The zero-order valence-corrected chi connectivity index (χ0v) is 16.8. The zero-order valence-electron chi connectivity index (χ0n) is 16.0. The van der Waals surface area contributed by atoms with E-state index < -0.39 is 5.91 Å². The SMILES string of the molecule is Cc1ccc(-n2ccnc2S[C@@H](C)C(=O)Nc2ccc(C(N)=O)cc2)c(C)c1. The molecule has 7 heteroatoms. The van der Waals surface area contributed by atoms with E-state index in [1.807, 2.05) is 17.7 Å². The predicted octanol–water partition coefficient (Wildman–Crippen LogP) is 3.71. The van der Waals surface area contributed by atoms with Crippen molar-refractivity contribution in [1.29, 1.82) is 0 Å². The molecule has 1 aromatic heterocycles. The van der Waals surface area contributed by atoms with Crippen LogP contribution in [0.2, 0.25) is 0 Å². The molecule has 0 aliphatic rings. The fraction of sp³-hybridized carbons (Fsp3) is 0.190. The second-order valence-corrected chi connectivity index (χ2v) is 7.87. The number of hydrogen-bond acceptors (Lipinski definition) is 4. The number of aromatic nitrogens is 2. The summed E-state index contributed by atoms with van der Waals surface area (Å²) in [6, 6.07) is 12.7. The van der Waals surface area contributed by atoms with Crippen molar-refractivity contribution in [2.75, 3.05) is 5.32 Å². The van der Waals surface area contributed by atoms with Crippen LogP contribution in [0.4, 0.5) is 5.69 Å². The number of benzene rings is 2. The molecule has 6 nitrogen and oxygen atoms in total. The molecule has 1 atom stereocenters. The summed E-state index contributed by atoms with van der Waals surface area (Å²) in [6.07, 6.45) is 3.63. The van der Waals surface area contributed by atoms with Crippen LogP contribution in [0.3, 0.4) is 0 Å². The summed E-state index contributed by atoms with van der Waals surface area (Å²) in [7, 11) is 0. The molecule has 0 unspecified atom stereocenters. The Morgan fingerprint density at radius 1 is 1.14 bits per heavy atom. The van der Waals surface area contributed by atoms with E-state index >= 15 is 0 Å². The molecule has 144 valence electrons. The highest BCUT2D eigenvalue weighted by Crippen LogP contribution is 2.27. The van der Waals surface area contributed by atoms with Crippen molar-refractivity contribution in [3.63, 3.8) is 0 Å². The normalized spacial score (nSPS) is 11.8. The number of thioether (sulfide) groups is 1. The van der Waals surface area contributed by atoms with Gasteiger partial charge in [0.1, 0.15) is 0 Å². The Kier molecular flexibility index (Phi) is 5.84. The number of rotatable bonds is 6. The van der Waals surface area contributed by atoms with Crippen LogP contribution < -0.4 is 11.1 Å². The molecule has 0 aliphatic heterocycles. The maximum atomic E-state index is 12.6. The summed E-state index contributed by atoms with van der Waals surface area (Å²) in [5.74, 6) is -0.646. The van der Waals surface area contributed by atoms with E-state index in [0.717, 1.165) is 16.4 Å². The summed E-state index contributed by atoms with van der Waals surface area (Å²) in [4.78, 5) is 28.1. The van der Waals surface area contributed by atoms with Crippen molar-refractivity contribution in [2.24, 2.45) is 5.73 Å². The standard InChI is InChI=1S/C21H22N4O2S/c1-13-4-9-18(14(2)12-13)25-11-10-23-21(25)28-15(3)20(27)24-17-7-5-16(6-8-17)19(22)26/h4-12,15H,1-3H3,(H2,22,26)(H,24,27)/t15-/m0/s1. The van der Waals surface area contributed by atoms with Gasteiger partial charge >= 0.3 is 0 Å². The van der Waals surface area contributed by atoms with Crippen LogP contribution in [-0.2, 0) is 4.79 Å². The average Bonchev–Trinajstić information content (AvgIpc) is 3.10. The Bertz CT molecular complexity index is 1010. The van der Waals surface area contributed by atoms with Crippen LogP contribution in [0.5, 0.6) is 0 Å². The third kappa shape index (κ3) is 4.43. The molecule has 0 saturated carbocycles. The van der Waals surface area contributed by atoms with E-state index in [4.69, 9.17) is 5.73 Å². The van der Waals surface area contributed by atoms with E-state index in [0.29, 0.717) is 11.3 Å². The smallest absolute Gasteiger partial charge is 0.248 e. The highest BCUT2D eigenvalue weighted by Gasteiger charge is 2.18. The molecule has 3 rings (SSSR count). The molecule has 2 amide bonds. The number of aryl methyl sites for hydroxylation is 2. The van der Waals surface area contributed by atoms with Gasteiger partial charge in [-0.15, -0.1) is 0 Å². The number of amides is 2. The molecule has 0 bridgehead atoms. The molecule has 3 aromatic rings. The van der Waals surface area contributed by atoms with Crippen molar-refractivity contribution >= 4 is 29.3 Å². The van der Waals surface area contributed by atoms with Crippen LogP contribution in [0.1, 0.15) is 28.4 Å². The Morgan fingerprint density at radius 2 is 1.86 bits per heavy atom. The Balaban J connectivity index is 1.71. The van der Waals surface area contributed by atoms with Crippen LogP contribution in [0, 0.1) is 13.8 Å². The number of hydrogen-bond donors (Lipinski definition) is 2. The minimum atomic E-state index is -0.500. The van der Waals surface area contributed by atoms with Gasteiger partial charge in [0.2, 0.25) is 11.8 Å². The topological polar surface area (TPSA) is 90.0 Å². The first-order valence-corrected chi connectivity index (χ1v) is 9.71. The number of carbonyl (C=O) groups is 2. The molecule has 0 fully saturated rings. The monoisotopic (exact) mass is 394 g/mol. The van der Waals surface area contributed by atoms with Gasteiger partial charge in [0, 0.05) is 23.6 Å². The third-order valence-corrected chi connectivity index (χ3v) is 5.39. The van der Waals surface area contributed by atoms with Gasteiger partial charge in [0.15, 0.2) is 5.16 Å². The van der Waals surface area contributed by atoms with Gasteiger partial charge in [-0.2, -0.15) is 0 Å². The van der Waals surface area contributed by atoms with Crippen LogP contribution in [0.25, 0.3) is 5.69 Å². The van der Waals surface area contributed by atoms with Gasteiger partial charge < -0.3 is 11.1 Å². The maximum absolute atomic E-state index is 12.6. The number of nitrogens with zero attached hydrogens (tertiary/aromatic N) is 2. The number of nitrogens with two attached hydrogens (primary N) is 1. The first-order chi connectivity index (χ1) is 13.3. The molecule has 1 heterocycles. The average molecular weight is 395 g/mol. The lowest BCUT2D eigenvalue weighted by Crippen LogP contribution is -2.23. The summed E-state index contributed by atoms with van der Waals surface area (Å²) < 4.78 is 1.99. The largest absolute Gasteiger partial charge is 0.366 e. The van der Waals surface area contributed by atoms with Gasteiger partial charge in [-0.1, -0.05) is 29.5 Å². The molecular weight excluding hydrogens is 372 g/mol. The Hall–Kier alpha value is -3.06. The van der Waals surface area contributed by atoms with Gasteiger partial charge in [-0.3, -0.25) is 14.2 Å². The molecule has 2 aromatic carbocycles. The van der Waals surface area contributed by atoms with Gasteiger partial charge in [-0.25, -0.2) is 4.98 Å². The fourth-order valence-corrected chi connectivity index (χ4v) is 3.69. The number of carbonyl (C=O) groups excluding carboxylic acids is 2. The van der Waals surface area contributed by atoms with Gasteiger partial charge in [0.05, 0.1) is 10.9 Å². The van der Waals surface area contributed by atoms with Crippen LogP contribution in [-0.4, -0.2) is 26.6 Å². The van der Waals surface area contributed by atoms with Crippen molar-refractivity contribution in [3.05, 3.63) is 71.5 Å². The lowest BCUT2D eigenvalue weighted by atomic mass is 10.1. The second kappa shape index (κ2) is 8.31. The Morgan fingerprint density at radius 3 is 2.50 bits per heavy atom. The Labute approximate surface area is 168 Å². The highest BCUT2D eigenvalue weighted by molar-refractivity contribution is 8.00. The second-order valence-electron chi connectivity index (χ2n) is 6.56. The van der Waals surface area contributed by atoms with Crippen molar-refractivity contribution in [2.45, 2.75) is 31.2 Å². The van der Waals surface area contributed by atoms with Gasteiger partial charge in [-0.05, 0) is 56.7 Å². The third-order valence-electron chi connectivity index (χ3n) is 4.31. The van der Waals surface area contributed by atoms with E-state index in [-0.39, 0.29) is 11.2 Å². The fourth-order valence-electron chi connectivity index (χ4n) is 2.81. The molecular formula is C21H22N4O2S. The summed E-state index contributed by atoms with van der Waals surface area (Å²) >= 11 is 1.39. The molecule has 0 spiro atoms. The number of imidazole rings is 1. The maximum Gasteiger partial charge on any atom is 0.248 e. The lowest BCUT2D eigenvalue weighted by Gasteiger charge is -2.15. The van der Waals surface area contributed by atoms with Crippen LogP contribution >= 0.6 is 11.8 Å². The minimum Gasteiger partial charge on any atom is -0.366 e. The van der Waals surface area contributed by atoms with E-state index in [9.17, 15) is 9.59 Å². The van der Waals surface area contributed by atoms with Crippen LogP contribution in [0.15, 0.2) is 60.0 Å². The van der Waals surface area contributed by atoms with E-state index in [1.54, 1.807) is 30.5 Å². The molecule has 28 heavy (non-hydrogen) atoms. The lowest BCUT2D eigenvalue weighted by molar-refractivity contribution is -0.115. The van der Waals surface area contributed by atoms with Crippen molar-refractivity contribution in [3.8, 4) is 5.69 Å². The van der Waals surface area contributed by atoms with Crippen molar-refractivity contribution < 1.29 is 9.59 Å². The molecule has 0 aliphatic carbocycles. The number of primary amides is 1. The quantitative estimate of drug-likeness (QED) is 0.624. The first-order valence-electron chi connectivity index (χ1n) is 8.83. The highest BCUT2D eigenvalue weighted by atomic mass is 32.2. The first kappa shape index (κ1) is 19.7. The van der Waals surface area contributed by atoms with E-state index in [1.165, 1.54) is 17.3 Å². The molecule has 0 radical (unpaired) electrons. The van der Waals surface area contributed by atoms with E-state index in [2.05, 4.69) is 42.3 Å². The predicted molar refractivity (Wildman–Crippen MR) is 112 cm³/mol. The summed E-state index contributed by atoms with van der Waals surface area (Å²) in [6.45, 7) is 5.95. The summed E-state index contributed by atoms with van der Waals surface area (Å²) in [5, 5.41) is 3.24. The molecule has 3 N–H and O–H groups in total. The van der Waals surface area contributed by atoms with Crippen molar-refractivity contribution in [1.82, 2.24) is 9.55 Å². The van der Waals surface area contributed by atoms with Gasteiger partial charge in [0.25, 0.3) is 0 Å².